The first-order valence-corrected chi connectivity index (χ1v) is 10.5. The van der Waals surface area contributed by atoms with Crippen LogP contribution in [0.15, 0.2) is 67.0 Å². The van der Waals surface area contributed by atoms with Gasteiger partial charge < -0.3 is 9.30 Å². The van der Waals surface area contributed by atoms with Crippen molar-refractivity contribution in [1.82, 2.24) is 9.38 Å². The van der Waals surface area contributed by atoms with E-state index >= 15 is 0 Å². The maximum Gasteiger partial charge on any atom is 0.187 e. The number of anilines is 1. The average Bonchev–Trinajstić information content (AvgIpc) is 3.20. The maximum atomic E-state index is 7.25. The molecule has 2 aromatic heterocycles. The summed E-state index contributed by atoms with van der Waals surface area (Å²) in [6, 6.07) is 18.9. The second kappa shape index (κ2) is 7.68. The molecule has 1 aliphatic heterocycles. The minimum atomic E-state index is 0.662. The van der Waals surface area contributed by atoms with Gasteiger partial charge in [-0.25, -0.2) is 9.83 Å². The van der Waals surface area contributed by atoms with E-state index in [1.165, 1.54) is 41.6 Å². The van der Waals surface area contributed by atoms with E-state index in [4.69, 9.17) is 11.6 Å². The van der Waals surface area contributed by atoms with Crippen LogP contribution in [0.1, 0.15) is 24.8 Å². The van der Waals surface area contributed by atoms with Gasteiger partial charge >= 0.3 is 0 Å². The predicted molar refractivity (Wildman–Crippen MR) is 123 cm³/mol. The summed E-state index contributed by atoms with van der Waals surface area (Å²) in [5.41, 5.74) is 7.68. The van der Waals surface area contributed by atoms with Gasteiger partial charge in [0.05, 0.1) is 17.8 Å². The molecule has 0 aliphatic carbocycles. The Balaban J connectivity index is 1.75. The molecule has 4 aromatic rings. The highest BCUT2D eigenvalue weighted by molar-refractivity contribution is 5.90. The molecule has 148 valence electrons. The molecular formula is C26H24N4. The summed E-state index contributed by atoms with van der Waals surface area (Å²) >= 11 is 0. The highest BCUT2D eigenvalue weighted by Gasteiger charge is 2.20. The first-order chi connectivity index (χ1) is 14.7. The number of fused-ring (bicyclic) bond motifs is 1. The average molecular weight is 393 g/mol. The molecule has 0 radical (unpaired) electrons. The second-order valence-corrected chi connectivity index (χ2v) is 7.99. The summed E-state index contributed by atoms with van der Waals surface area (Å²) in [7, 11) is 0. The quantitative estimate of drug-likeness (QED) is 0.371. The van der Waals surface area contributed by atoms with Crippen molar-refractivity contribution in [3.63, 3.8) is 0 Å². The van der Waals surface area contributed by atoms with Gasteiger partial charge in [0.25, 0.3) is 0 Å². The monoisotopic (exact) mass is 392 g/mol. The zero-order valence-electron chi connectivity index (χ0n) is 17.2. The molecule has 0 spiro atoms. The van der Waals surface area contributed by atoms with Gasteiger partial charge in [0.2, 0.25) is 0 Å². The molecule has 0 atom stereocenters. The summed E-state index contributed by atoms with van der Waals surface area (Å²) in [6.45, 7) is 11.5. The van der Waals surface area contributed by atoms with Crippen LogP contribution in [0.5, 0.6) is 0 Å². The first-order valence-electron chi connectivity index (χ1n) is 10.5. The Morgan fingerprint density at radius 3 is 2.30 bits per heavy atom. The molecule has 1 fully saturated rings. The number of benzene rings is 2. The number of rotatable bonds is 3. The molecule has 3 heterocycles. The number of nitrogens with zero attached hydrogens (tertiary/aromatic N) is 4. The minimum absolute atomic E-state index is 0.662. The van der Waals surface area contributed by atoms with Crippen molar-refractivity contribution in [3.05, 3.63) is 84.0 Å². The smallest absolute Gasteiger partial charge is 0.187 e. The van der Waals surface area contributed by atoms with Crippen molar-refractivity contribution in [1.29, 1.82) is 0 Å². The molecule has 4 nitrogen and oxygen atoms in total. The summed E-state index contributed by atoms with van der Waals surface area (Å²) in [5.74, 6) is 1.06. The topological polar surface area (TPSA) is 24.9 Å². The molecule has 2 aromatic carbocycles. The molecule has 1 saturated heterocycles. The molecule has 30 heavy (non-hydrogen) atoms. The Labute approximate surface area is 177 Å². The van der Waals surface area contributed by atoms with Crippen molar-refractivity contribution < 1.29 is 0 Å². The van der Waals surface area contributed by atoms with Gasteiger partial charge in [0.15, 0.2) is 11.5 Å². The van der Waals surface area contributed by atoms with Crippen LogP contribution in [0.2, 0.25) is 0 Å². The van der Waals surface area contributed by atoms with Crippen molar-refractivity contribution in [2.45, 2.75) is 26.2 Å². The van der Waals surface area contributed by atoms with E-state index in [0.29, 0.717) is 5.69 Å². The number of hydrogen-bond donors (Lipinski definition) is 0. The van der Waals surface area contributed by atoms with Crippen LogP contribution < -0.4 is 4.90 Å². The normalized spacial score (nSPS) is 14.1. The maximum absolute atomic E-state index is 7.25. The Morgan fingerprint density at radius 2 is 1.60 bits per heavy atom. The van der Waals surface area contributed by atoms with E-state index in [2.05, 4.69) is 57.6 Å². The molecule has 4 heteroatoms. The zero-order chi connectivity index (χ0) is 20.5. The van der Waals surface area contributed by atoms with Crippen molar-refractivity contribution >= 4 is 17.0 Å². The van der Waals surface area contributed by atoms with E-state index in [9.17, 15) is 0 Å². The Morgan fingerprint density at radius 1 is 0.900 bits per heavy atom. The van der Waals surface area contributed by atoms with Crippen LogP contribution in [0.3, 0.4) is 0 Å². The zero-order valence-corrected chi connectivity index (χ0v) is 17.2. The van der Waals surface area contributed by atoms with Crippen molar-refractivity contribution in [2.75, 3.05) is 18.0 Å². The first kappa shape index (κ1) is 18.4. The lowest BCUT2D eigenvalue weighted by Gasteiger charge is -2.28. The summed E-state index contributed by atoms with van der Waals surface area (Å²) in [4.78, 5) is 10.7. The van der Waals surface area contributed by atoms with Gasteiger partial charge in [-0.05, 0) is 43.4 Å². The fourth-order valence-electron chi connectivity index (χ4n) is 4.38. The fourth-order valence-corrected chi connectivity index (χ4v) is 4.38. The van der Waals surface area contributed by atoms with Crippen LogP contribution in [0.25, 0.3) is 32.7 Å². The standard InChI is InChI=1S/C26H24N4/c1-19-6-8-21(9-7-19)25-23(20-10-12-22(27-2)13-11-20)18-24-26(28-14-17-30(24)25)29-15-4-3-5-16-29/h6-14,17-18H,3-5,15-16H2,1H3. The number of hydrogen-bond acceptors (Lipinski definition) is 2. The molecule has 0 saturated carbocycles. The minimum Gasteiger partial charge on any atom is -0.355 e. The van der Waals surface area contributed by atoms with Crippen LogP contribution in [-0.4, -0.2) is 22.5 Å². The van der Waals surface area contributed by atoms with Crippen LogP contribution >= 0.6 is 0 Å². The Hall–Kier alpha value is -3.58. The van der Waals surface area contributed by atoms with Crippen LogP contribution in [0.4, 0.5) is 11.5 Å². The molecule has 1 aliphatic rings. The molecule has 0 amide bonds. The third-order valence-corrected chi connectivity index (χ3v) is 5.97. The summed E-state index contributed by atoms with van der Waals surface area (Å²) in [5, 5.41) is 0. The highest BCUT2D eigenvalue weighted by Crippen LogP contribution is 2.38. The van der Waals surface area contributed by atoms with Gasteiger partial charge in [0.1, 0.15) is 0 Å². The predicted octanol–water partition coefficient (Wildman–Crippen LogP) is 6.52. The van der Waals surface area contributed by atoms with E-state index < -0.39 is 0 Å². The van der Waals surface area contributed by atoms with Gasteiger partial charge in [-0.15, -0.1) is 0 Å². The third-order valence-electron chi connectivity index (χ3n) is 5.97. The van der Waals surface area contributed by atoms with E-state index in [1.807, 2.05) is 30.5 Å². The lowest BCUT2D eigenvalue weighted by molar-refractivity contribution is 0.574. The number of aromatic nitrogens is 2. The highest BCUT2D eigenvalue weighted by atomic mass is 15.2. The molecule has 0 unspecified atom stereocenters. The lowest BCUT2D eigenvalue weighted by Crippen LogP contribution is -2.30. The van der Waals surface area contributed by atoms with Crippen molar-refractivity contribution in [2.24, 2.45) is 0 Å². The van der Waals surface area contributed by atoms with Crippen LogP contribution in [-0.2, 0) is 0 Å². The van der Waals surface area contributed by atoms with E-state index in [0.717, 1.165) is 30.0 Å². The lowest BCUT2D eigenvalue weighted by atomic mass is 10.0. The number of aryl methyl sites for hydroxylation is 1. The third kappa shape index (κ3) is 3.23. The van der Waals surface area contributed by atoms with Gasteiger partial charge in [-0.2, -0.15) is 0 Å². The molecule has 0 N–H and O–H groups in total. The largest absolute Gasteiger partial charge is 0.355 e. The summed E-state index contributed by atoms with van der Waals surface area (Å²) in [6.07, 6.45) is 7.72. The van der Waals surface area contributed by atoms with E-state index in [1.54, 1.807) is 0 Å². The number of piperidine rings is 1. The van der Waals surface area contributed by atoms with Gasteiger partial charge in [0, 0.05) is 31.0 Å². The van der Waals surface area contributed by atoms with Gasteiger partial charge in [-0.1, -0.05) is 54.1 Å². The molecular weight excluding hydrogens is 368 g/mol. The molecule has 0 bridgehead atoms. The van der Waals surface area contributed by atoms with Crippen molar-refractivity contribution in [3.8, 4) is 22.4 Å². The van der Waals surface area contributed by atoms with E-state index in [-0.39, 0.29) is 0 Å². The fraction of sp³-hybridized carbons (Fsp3) is 0.231. The summed E-state index contributed by atoms with van der Waals surface area (Å²) < 4.78 is 2.28. The molecule has 5 rings (SSSR count). The Kier molecular flexibility index (Phi) is 4.72. The van der Waals surface area contributed by atoms with Crippen LogP contribution in [0, 0.1) is 13.5 Å². The SMILES string of the molecule is [C-]#[N+]c1ccc(-c2cc3c(N4CCCCC4)nccn3c2-c2ccc(C)cc2)cc1. The van der Waals surface area contributed by atoms with Gasteiger partial charge in [-0.3, -0.25) is 0 Å². The second-order valence-electron chi connectivity index (χ2n) is 7.99. The Bertz CT molecular complexity index is 1220.